The summed E-state index contributed by atoms with van der Waals surface area (Å²) in [6, 6.07) is 21.7. The Bertz CT molecular complexity index is 1940. The number of sulfonamides is 1. The van der Waals surface area contributed by atoms with E-state index in [1.807, 2.05) is 24.3 Å². The van der Waals surface area contributed by atoms with Gasteiger partial charge in [-0.3, -0.25) is 14.3 Å². The van der Waals surface area contributed by atoms with Crippen LogP contribution in [0.2, 0.25) is 5.02 Å². The molecular weight excluding hydrogens is 617 g/mol. The van der Waals surface area contributed by atoms with E-state index in [0.29, 0.717) is 6.07 Å². The fourth-order valence-corrected chi connectivity index (χ4v) is 5.80. The van der Waals surface area contributed by atoms with Crippen LogP contribution in [-0.4, -0.2) is 31.3 Å². The first-order valence-corrected chi connectivity index (χ1v) is 15.0. The maximum absolute atomic E-state index is 13.5. The van der Waals surface area contributed by atoms with Crippen LogP contribution in [0.3, 0.4) is 0 Å². The second-order valence-electron chi connectivity index (χ2n) is 9.77. The molecule has 0 unspecified atom stereocenters. The molecule has 8 nitrogen and oxygen atoms in total. The van der Waals surface area contributed by atoms with Gasteiger partial charge in [0, 0.05) is 34.9 Å². The van der Waals surface area contributed by atoms with Crippen LogP contribution in [0.25, 0.3) is 10.9 Å². The molecule has 1 heterocycles. The third-order valence-corrected chi connectivity index (χ3v) is 8.44. The molecule has 226 valence electrons. The van der Waals surface area contributed by atoms with Crippen LogP contribution in [0.5, 0.6) is 0 Å². The number of aromatic amines is 1. The summed E-state index contributed by atoms with van der Waals surface area (Å²) >= 11 is 6.19. The number of alkyl halides is 3. The molecule has 0 aliphatic rings. The lowest BCUT2D eigenvalue weighted by atomic mass is 10.0. The van der Waals surface area contributed by atoms with Gasteiger partial charge in [-0.05, 0) is 66.2 Å². The van der Waals surface area contributed by atoms with Gasteiger partial charge >= 0.3 is 6.18 Å². The van der Waals surface area contributed by atoms with Crippen molar-refractivity contribution in [3.05, 3.63) is 125 Å². The molecule has 44 heavy (non-hydrogen) atoms. The first-order valence-electron chi connectivity index (χ1n) is 13.1. The number of nitrogens with one attached hydrogen (secondary N) is 4. The van der Waals surface area contributed by atoms with Gasteiger partial charge in [0.1, 0.15) is 6.04 Å². The van der Waals surface area contributed by atoms with E-state index in [2.05, 4.69) is 20.3 Å². The molecule has 0 spiro atoms. The predicted octanol–water partition coefficient (Wildman–Crippen LogP) is 6.62. The lowest BCUT2D eigenvalue weighted by Gasteiger charge is -2.19. The zero-order valence-electron chi connectivity index (χ0n) is 22.7. The van der Waals surface area contributed by atoms with Crippen LogP contribution in [0, 0.1) is 0 Å². The number of aromatic nitrogens is 1. The summed E-state index contributed by atoms with van der Waals surface area (Å²) < 4.78 is 66.9. The summed E-state index contributed by atoms with van der Waals surface area (Å²) in [4.78, 5) is 29.5. The second kappa shape index (κ2) is 12.4. The number of amides is 2. The van der Waals surface area contributed by atoms with Crippen molar-refractivity contribution in [2.75, 3.05) is 10.0 Å². The molecule has 0 radical (unpaired) electrons. The third kappa shape index (κ3) is 7.04. The molecule has 0 fully saturated rings. The molecule has 13 heteroatoms. The van der Waals surface area contributed by atoms with Crippen LogP contribution in [-0.2, 0) is 27.4 Å². The number of fused-ring (bicyclic) bond motifs is 1. The molecule has 1 aromatic heterocycles. The number of hydrogen-bond donors (Lipinski definition) is 4. The number of rotatable bonds is 9. The lowest BCUT2D eigenvalue weighted by molar-refractivity contribution is -0.137. The summed E-state index contributed by atoms with van der Waals surface area (Å²) in [7, 11) is -4.25. The van der Waals surface area contributed by atoms with Crippen molar-refractivity contribution in [2.24, 2.45) is 0 Å². The van der Waals surface area contributed by atoms with Gasteiger partial charge in [-0.25, -0.2) is 8.42 Å². The SMILES string of the molecule is O=C(N[C@H](Cc1c[nH]c2ccccc12)C(=O)Nc1ccc(S(=O)(=O)Nc2cccc(C(F)(F)F)c2)cc1)c1ccccc1Cl. The molecule has 0 bridgehead atoms. The normalized spacial score (nSPS) is 12.5. The van der Waals surface area contributed by atoms with Gasteiger partial charge in [-0.1, -0.05) is 48.0 Å². The van der Waals surface area contributed by atoms with Crippen LogP contribution in [0.15, 0.2) is 108 Å². The standard InChI is InChI=1S/C31H24ClF3N4O4S/c32-26-10-3-1-9-25(26)29(40)38-28(16-19-18-36-27-11-4-2-8-24(19)27)30(41)37-21-12-14-23(15-13-21)44(42,43)39-22-7-5-6-20(17-22)31(33,34)35/h1-15,17-18,28,36,39H,16H2,(H,37,41)(H,38,40)/t28-/m1/s1. The van der Waals surface area contributed by atoms with Gasteiger partial charge < -0.3 is 15.6 Å². The smallest absolute Gasteiger partial charge is 0.361 e. The fourth-order valence-electron chi connectivity index (χ4n) is 4.53. The minimum Gasteiger partial charge on any atom is -0.361 e. The highest BCUT2D eigenvalue weighted by atomic mass is 35.5. The number of H-pyrrole nitrogens is 1. The van der Waals surface area contributed by atoms with Gasteiger partial charge in [0.25, 0.3) is 15.9 Å². The van der Waals surface area contributed by atoms with Crippen molar-refractivity contribution >= 4 is 55.7 Å². The Morgan fingerprint density at radius 2 is 1.57 bits per heavy atom. The Balaban J connectivity index is 1.34. The summed E-state index contributed by atoms with van der Waals surface area (Å²) in [5.74, 6) is -1.13. The highest BCUT2D eigenvalue weighted by molar-refractivity contribution is 7.92. The van der Waals surface area contributed by atoms with E-state index in [9.17, 15) is 31.2 Å². The summed E-state index contributed by atoms with van der Waals surface area (Å²) in [6.45, 7) is 0. The van der Waals surface area contributed by atoms with Crippen molar-refractivity contribution in [3.8, 4) is 0 Å². The summed E-state index contributed by atoms with van der Waals surface area (Å²) in [5.41, 5.74) is 0.792. The van der Waals surface area contributed by atoms with E-state index >= 15 is 0 Å². The van der Waals surface area contributed by atoms with E-state index < -0.39 is 39.6 Å². The van der Waals surface area contributed by atoms with E-state index in [-0.39, 0.29) is 33.3 Å². The van der Waals surface area contributed by atoms with Crippen molar-refractivity contribution in [3.63, 3.8) is 0 Å². The average molecular weight is 641 g/mol. The molecule has 0 saturated carbocycles. The molecule has 0 aliphatic carbocycles. The van der Waals surface area contributed by atoms with Crippen molar-refractivity contribution < 1.29 is 31.2 Å². The second-order valence-corrected chi connectivity index (χ2v) is 11.9. The van der Waals surface area contributed by atoms with Gasteiger partial charge in [0.15, 0.2) is 0 Å². The average Bonchev–Trinajstić information content (AvgIpc) is 3.39. The zero-order chi connectivity index (χ0) is 31.5. The molecule has 4 N–H and O–H groups in total. The number of benzene rings is 4. The number of carbonyl (C=O) groups is 2. The maximum atomic E-state index is 13.5. The number of anilines is 2. The minimum atomic E-state index is -4.64. The molecule has 0 aliphatic heterocycles. The minimum absolute atomic E-state index is 0.124. The van der Waals surface area contributed by atoms with Gasteiger partial charge in [0.2, 0.25) is 5.91 Å². The number of para-hydroxylation sites is 1. The monoisotopic (exact) mass is 640 g/mol. The molecule has 1 atom stereocenters. The third-order valence-electron chi connectivity index (χ3n) is 6.71. The Morgan fingerprint density at radius 3 is 2.30 bits per heavy atom. The van der Waals surface area contributed by atoms with Crippen LogP contribution in [0.4, 0.5) is 24.5 Å². The molecular formula is C31H24ClF3N4O4S. The van der Waals surface area contributed by atoms with E-state index in [1.165, 1.54) is 36.4 Å². The van der Waals surface area contributed by atoms with Crippen LogP contribution in [0.1, 0.15) is 21.5 Å². The van der Waals surface area contributed by atoms with E-state index in [0.717, 1.165) is 28.6 Å². The molecule has 0 saturated heterocycles. The Hall–Kier alpha value is -4.81. The molecule has 5 rings (SSSR count). The van der Waals surface area contributed by atoms with E-state index in [1.54, 1.807) is 24.4 Å². The molecule has 4 aromatic carbocycles. The quantitative estimate of drug-likeness (QED) is 0.145. The van der Waals surface area contributed by atoms with Gasteiger partial charge in [-0.15, -0.1) is 0 Å². The largest absolute Gasteiger partial charge is 0.416 e. The maximum Gasteiger partial charge on any atom is 0.416 e. The first-order chi connectivity index (χ1) is 20.9. The fraction of sp³-hybridized carbons (Fsp3) is 0.0968. The number of hydrogen-bond acceptors (Lipinski definition) is 4. The van der Waals surface area contributed by atoms with Crippen molar-refractivity contribution in [1.29, 1.82) is 0 Å². The van der Waals surface area contributed by atoms with Crippen molar-refractivity contribution in [1.82, 2.24) is 10.3 Å². The predicted molar refractivity (Wildman–Crippen MR) is 162 cm³/mol. The number of halogens is 4. The molecule has 5 aromatic rings. The van der Waals surface area contributed by atoms with Crippen LogP contribution >= 0.6 is 11.6 Å². The Morgan fingerprint density at radius 1 is 0.864 bits per heavy atom. The highest BCUT2D eigenvalue weighted by Crippen LogP contribution is 2.31. The van der Waals surface area contributed by atoms with Gasteiger partial charge in [-0.2, -0.15) is 13.2 Å². The van der Waals surface area contributed by atoms with Gasteiger partial charge in [0.05, 0.1) is 21.0 Å². The topological polar surface area (TPSA) is 120 Å². The highest BCUT2D eigenvalue weighted by Gasteiger charge is 2.31. The van der Waals surface area contributed by atoms with Crippen molar-refractivity contribution in [2.45, 2.75) is 23.5 Å². The zero-order valence-corrected chi connectivity index (χ0v) is 24.2. The summed E-state index contributed by atoms with van der Waals surface area (Å²) in [6.07, 6.45) is -2.76. The lowest BCUT2D eigenvalue weighted by Crippen LogP contribution is -2.45. The number of carbonyl (C=O) groups excluding carboxylic acids is 2. The van der Waals surface area contributed by atoms with E-state index in [4.69, 9.17) is 11.6 Å². The molecule has 2 amide bonds. The van der Waals surface area contributed by atoms with Crippen LogP contribution < -0.4 is 15.4 Å². The Labute approximate surface area is 255 Å². The summed E-state index contributed by atoms with van der Waals surface area (Å²) in [5, 5.41) is 6.52. The first kappa shape index (κ1) is 30.6. The Kier molecular flexibility index (Phi) is 8.66.